The minimum Gasteiger partial charge on any atom is -0.493 e. The summed E-state index contributed by atoms with van der Waals surface area (Å²) in [5.74, 6) is 1.02. The zero-order valence-corrected chi connectivity index (χ0v) is 15.2. The Morgan fingerprint density at radius 3 is 2.69 bits per heavy atom. The second-order valence-electron chi connectivity index (χ2n) is 5.59. The lowest BCUT2D eigenvalue weighted by atomic mass is 10.1. The van der Waals surface area contributed by atoms with Crippen LogP contribution < -0.4 is 10.1 Å². The van der Waals surface area contributed by atoms with E-state index in [-0.39, 0.29) is 5.91 Å². The fourth-order valence-corrected chi connectivity index (χ4v) is 2.53. The van der Waals surface area contributed by atoms with Crippen LogP contribution in [-0.2, 0) is 0 Å². The largest absolute Gasteiger partial charge is 0.493 e. The lowest BCUT2D eigenvalue weighted by Gasteiger charge is -2.12. The van der Waals surface area contributed by atoms with Gasteiger partial charge in [-0.05, 0) is 50.2 Å². The number of nitrogens with zero attached hydrogens (tertiary/aromatic N) is 2. The van der Waals surface area contributed by atoms with Crippen LogP contribution in [0.5, 0.6) is 5.75 Å². The molecule has 3 rings (SSSR count). The summed E-state index contributed by atoms with van der Waals surface area (Å²) >= 11 is 5.88. The van der Waals surface area contributed by atoms with Crippen LogP contribution in [0.25, 0.3) is 11.4 Å². The minimum atomic E-state index is -0.453. The van der Waals surface area contributed by atoms with Crippen LogP contribution in [0.15, 0.2) is 53.1 Å². The third kappa shape index (κ3) is 4.03. The molecule has 0 spiro atoms. The molecule has 26 heavy (non-hydrogen) atoms. The number of carbonyl (C=O) groups is 1. The molecule has 1 atom stereocenters. The van der Waals surface area contributed by atoms with Crippen LogP contribution >= 0.6 is 11.6 Å². The van der Waals surface area contributed by atoms with Crippen molar-refractivity contribution in [2.24, 2.45) is 0 Å². The highest BCUT2D eigenvalue weighted by atomic mass is 35.5. The van der Waals surface area contributed by atoms with Crippen LogP contribution in [0, 0.1) is 0 Å². The van der Waals surface area contributed by atoms with Gasteiger partial charge in [-0.2, -0.15) is 4.98 Å². The number of para-hydroxylation sites is 1. The van der Waals surface area contributed by atoms with Gasteiger partial charge in [0.05, 0.1) is 12.2 Å². The maximum absolute atomic E-state index is 12.5. The Morgan fingerprint density at radius 1 is 1.23 bits per heavy atom. The van der Waals surface area contributed by atoms with E-state index in [4.69, 9.17) is 20.9 Å². The number of nitrogens with one attached hydrogen (secondary N) is 1. The number of rotatable bonds is 6. The summed E-state index contributed by atoms with van der Waals surface area (Å²) in [6.07, 6.45) is 0. The van der Waals surface area contributed by atoms with Crippen LogP contribution in [0.3, 0.4) is 0 Å². The van der Waals surface area contributed by atoms with E-state index in [0.717, 1.165) is 5.56 Å². The van der Waals surface area contributed by atoms with Crippen molar-refractivity contribution < 1.29 is 14.1 Å². The monoisotopic (exact) mass is 371 g/mol. The second kappa shape index (κ2) is 8.01. The van der Waals surface area contributed by atoms with Crippen molar-refractivity contribution in [3.63, 3.8) is 0 Å². The molecule has 1 amide bonds. The van der Waals surface area contributed by atoms with Crippen molar-refractivity contribution in [3.05, 3.63) is 65.0 Å². The van der Waals surface area contributed by atoms with Gasteiger partial charge in [0.25, 0.3) is 5.91 Å². The first-order valence-corrected chi connectivity index (χ1v) is 8.58. The summed E-state index contributed by atoms with van der Waals surface area (Å²) in [7, 11) is 0. The molecule has 0 saturated carbocycles. The van der Waals surface area contributed by atoms with Gasteiger partial charge in [0, 0.05) is 10.6 Å². The van der Waals surface area contributed by atoms with Crippen molar-refractivity contribution in [1.29, 1.82) is 0 Å². The summed E-state index contributed by atoms with van der Waals surface area (Å²) in [4.78, 5) is 16.9. The lowest BCUT2D eigenvalue weighted by molar-refractivity contribution is 0.0928. The molecule has 134 valence electrons. The van der Waals surface area contributed by atoms with Crippen LogP contribution in [0.1, 0.15) is 36.1 Å². The Balaban J connectivity index is 1.73. The van der Waals surface area contributed by atoms with E-state index in [9.17, 15) is 4.79 Å². The molecule has 1 aromatic heterocycles. The van der Waals surface area contributed by atoms with Crippen LogP contribution in [-0.4, -0.2) is 22.7 Å². The summed E-state index contributed by atoms with van der Waals surface area (Å²) in [5, 5.41) is 7.44. The zero-order valence-electron chi connectivity index (χ0n) is 14.4. The van der Waals surface area contributed by atoms with E-state index in [1.807, 2.05) is 13.0 Å². The Bertz CT molecular complexity index is 893. The molecular formula is C19H18ClN3O3. The van der Waals surface area contributed by atoms with E-state index in [1.165, 1.54) is 0 Å². The number of amides is 1. The molecular weight excluding hydrogens is 354 g/mol. The summed E-state index contributed by atoms with van der Waals surface area (Å²) in [6, 6.07) is 13.7. The molecule has 7 heteroatoms. The first kappa shape index (κ1) is 17.9. The van der Waals surface area contributed by atoms with Gasteiger partial charge in [0.2, 0.25) is 11.7 Å². The van der Waals surface area contributed by atoms with Crippen LogP contribution in [0.4, 0.5) is 0 Å². The summed E-state index contributed by atoms with van der Waals surface area (Å²) < 4.78 is 10.8. The molecule has 0 aliphatic rings. The van der Waals surface area contributed by atoms with Crippen molar-refractivity contribution in [2.45, 2.75) is 19.9 Å². The average Bonchev–Trinajstić information content (AvgIpc) is 3.13. The molecule has 0 radical (unpaired) electrons. The topological polar surface area (TPSA) is 77.2 Å². The van der Waals surface area contributed by atoms with E-state index < -0.39 is 6.04 Å². The minimum absolute atomic E-state index is 0.271. The number of carbonyl (C=O) groups excluding carboxylic acids is 1. The van der Waals surface area contributed by atoms with Crippen molar-refractivity contribution >= 4 is 17.5 Å². The standard InChI is InChI=1S/C19H18ClN3O3/c1-3-25-16-7-5-4-6-15(16)18(24)21-12(2)19-22-17(23-26-19)13-8-10-14(20)11-9-13/h4-12H,3H2,1-2H3,(H,21,24)/t12-/m0/s1. The maximum atomic E-state index is 12.5. The van der Waals surface area contributed by atoms with Crippen molar-refractivity contribution in [1.82, 2.24) is 15.5 Å². The zero-order chi connectivity index (χ0) is 18.5. The fraction of sp³-hybridized carbons (Fsp3) is 0.211. The molecule has 1 N–H and O–H groups in total. The number of halogens is 1. The van der Waals surface area contributed by atoms with Gasteiger partial charge in [0.15, 0.2) is 0 Å². The van der Waals surface area contributed by atoms with Crippen molar-refractivity contribution in [2.75, 3.05) is 6.61 Å². The van der Waals surface area contributed by atoms with Gasteiger partial charge in [-0.15, -0.1) is 0 Å². The van der Waals surface area contributed by atoms with Gasteiger partial charge < -0.3 is 14.6 Å². The SMILES string of the molecule is CCOc1ccccc1C(=O)N[C@@H](C)c1nc(-c2ccc(Cl)cc2)no1. The molecule has 0 saturated heterocycles. The summed E-state index contributed by atoms with van der Waals surface area (Å²) in [5.41, 5.74) is 1.24. The van der Waals surface area contributed by atoms with Gasteiger partial charge in [0.1, 0.15) is 11.8 Å². The Hall–Kier alpha value is -2.86. The fourth-order valence-electron chi connectivity index (χ4n) is 2.40. The second-order valence-corrected chi connectivity index (χ2v) is 6.02. The third-order valence-corrected chi connectivity index (χ3v) is 3.95. The van der Waals surface area contributed by atoms with E-state index in [0.29, 0.717) is 34.7 Å². The van der Waals surface area contributed by atoms with Crippen LogP contribution in [0.2, 0.25) is 5.02 Å². The highest BCUT2D eigenvalue weighted by Crippen LogP contribution is 2.22. The molecule has 3 aromatic rings. The van der Waals surface area contributed by atoms with Gasteiger partial charge in [-0.1, -0.05) is 28.9 Å². The molecule has 0 bridgehead atoms. The molecule has 0 aliphatic heterocycles. The average molecular weight is 372 g/mol. The number of aromatic nitrogens is 2. The highest BCUT2D eigenvalue weighted by Gasteiger charge is 2.20. The molecule has 1 heterocycles. The van der Waals surface area contributed by atoms with E-state index >= 15 is 0 Å². The van der Waals surface area contributed by atoms with E-state index in [1.54, 1.807) is 49.4 Å². The number of hydrogen-bond acceptors (Lipinski definition) is 5. The molecule has 0 aliphatic carbocycles. The Kier molecular flexibility index (Phi) is 5.53. The predicted octanol–water partition coefficient (Wildman–Crippen LogP) is 4.28. The molecule has 0 unspecified atom stereocenters. The lowest BCUT2D eigenvalue weighted by Crippen LogP contribution is -2.27. The third-order valence-electron chi connectivity index (χ3n) is 3.69. The number of hydrogen-bond donors (Lipinski definition) is 1. The van der Waals surface area contributed by atoms with Gasteiger partial charge in [-0.3, -0.25) is 4.79 Å². The number of ether oxygens (including phenoxy) is 1. The first-order chi connectivity index (χ1) is 12.6. The normalized spacial score (nSPS) is 11.8. The Morgan fingerprint density at radius 2 is 1.96 bits per heavy atom. The quantitative estimate of drug-likeness (QED) is 0.699. The predicted molar refractivity (Wildman–Crippen MR) is 98.2 cm³/mol. The van der Waals surface area contributed by atoms with Gasteiger partial charge >= 0.3 is 0 Å². The smallest absolute Gasteiger partial charge is 0.255 e. The maximum Gasteiger partial charge on any atom is 0.255 e. The van der Waals surface area contributed by atoms with Crippen molar-refractivity contribution in [3.8, 4) is 17.1 Å². The van der Waals surface area contributed by atoms with Gasteiger partial charge in [-0.25, -0.2) is 0 Å². The van der Waals surface area contributed by atoms with E-state index in [2.05, 4.69) is 15.5 Å². The first-order valence-electron chi connectivity index (χ1n) is 8.20. The Labute approximate surface area is 156 Å². The molecule has 0 fully saturated rings. The number of benzene rings is 2. The summed E-state index contributed by atoms with van der Waals surface area (Å²) in [6.45, 7) is 4.13. The molecule has 2 aromatic carbocycles. The molecule has 6 nitrogen and oxygen atoms in total. The highest BCUT2D eigenvalue weighted by molar-refractivity contribution is 6.30.